The zero-order valence-corrected chi connectivity index (χ0v) is 12.2. The van der Waals surface area contributed by atoms with E-state index in [2.05, 4.69) is 0 Å². The Morgan fingerprint density at radius 2 is 1.85 bits per heavy atom. The zero-order chi connectivity index (χ0) is 14.5. The Hall–Kier alpha value is -1.23. The van der Waals surface area contributed by atoms with Gasteiger partial charge in [0.1, 0.15) is 5.78 Å². The van der Waals surface area contributed by atoms with Gasteiger partial charge in [0.15, 0.2) is 6.29 Å². The highest BCUT2D eigenvalue weighted by Gasteiger charge is 2.40. The minimum Gasteiger partial charge on any atom is -0.374 e. The van der Waals surface area contributed by atoms with Crippen molar-refractivity contribution in [2.75, 3.05) is 13.7 Å². The number of hydrogen-bond donors (Lipinski definition) is 0. The number of Topliss-reactive ketones (excluding diaryl/α,β-unsaturated/α-hetero) is 1. The van der Waals surface area contributed by atoms with Crippen LogP contribution in [-0.4, -0.2) is 31.9 Å². The predicted molar refractivity (Wildman–Crippen MR) is 75.1 cm³/mol. The van der Waals surface area contributed by atoms with E-state index < -0.39 is 6.29 Å². The molecule has 110 valence electrons. The van der Waals surface area contributed by atoms with Gasteiger partial charge in [-0.2, -0.15) is 0 Å². The monoisotopic (exact) mass is 278 g/mol. The number of hydrogen-bond acceptors (Lipinski definition) is 4. The summed E-state index contributed by atoms with van der Waals surface area (Å²) in [4.78, 5) is 12.1. The van der Waals surface area contributed by atoms with Gasteiger partial charge in [-0.1, -0.05) is 44.2 Å². The summed E-state index contributed by atoms with van der Waals surface area (Å²) >= 11 is 0. The van der Waals surface area contributed by atoms with Gasteiger partial charge < -0.3 is 14.2 Å². The number of ether oxygens (including phenoxy) is 3. The minimum atomic E-state index is -0.468. The van der Waals surface area contributed by atoms with Gasteiger partial charge in [-0.05, 0) is 5.56 Å². The summed E-state index contributed by atoms with van der Waals surface area (Å²) in [6.07, 6.45) is -0.712. The maximum atomic E-state index is 12.1. The summed E-state index contributed by atoms with van der Waals surface area (Å²) in [5.74, 6) is -0.205. The van der Waals surface area contributed by atoms with Crippen LogP contribution in [0.4, 0.5) is 0 Å². The van der Waals surface area contributed by atoms with E-state index in [4.69, 9.17) is 14.2 Å². The van der Waals surface area contributed by atoms with Crippen molar-refractivity contribution in [1.29, 1.82) is 0 Å². The fourth-order valence-corrected chi connectivity index (χ4v) is 2.45. The first-order chi connectivity index (χ1) is 9.63. The van der Waals surface area contributed by atoms with Crippen molar-refractivity contribution >= 4 is 5.78 Å². The summed E-state index contributed by atoms with van der Waals surface area (Å²) in [6, 6.07) is 9.95. The summed E-state index contributed by atoms with van der Waals surface area (Å²) in [6.45, 7) is 4.65. The number of benzene rings is 1. The van der Waals surface area contributed by atoms with Crippen LogP contribution >= 0.6 is 0 Å². The number of ketones is 1. The smallest absolute Gasteiger partial charge is 0.167 e. The first-order valence-electron chi connectivity index (χ1n) is 6.97. The molecule has 0 aromatic heterocycles. The Balaban J connectivity index is 1.87. The minimum absolute atomic E-state index is 0.160. The standard InChI is InChI=1S/C16H22O4/c1-11-14(20-16(18-3)12(2)15(11)17)10-19-9-13-7-5-4-6-8-13/h4-8,11-12,14,16H,9-10H2,1-3H3/t11-,12?,14?,16-/m0/s1. The normalized spacial score (nSPS) is 30.4. The van der Waals surface area contributed by atoms with Crippen LogP contribution in [0.5, 0.6) is 0 Å². The van der Waals surface area contributed by atoms with Crippen LogP contribution in [0.2, 0.25) is 0 Å². The molecule has 2 unspecified atom stereocenters. The van der Waals surface area contributed by atoms with Crippen LogP contribution in [0.25, 0.3) is 0 Å². The van der Waals surface area contributed by atoms with Gasteiger partial charge in [0.2, 0.25) is 0 Å². The number of carbonyl (C=O) groups is 1. The molecule has 1 heterocycles. The van der Waals surface area contributed by atoms with Gasteiger partial charge in [0.05, 0.1) is 25.2 Å². The molecule has 0 N–H and O–H groups in total. The molecule has 1 aromatic rings. The summed E-state index contributed by atoms with van der Waals surface area (Å²) in [5.41, 5.74) is 1.11. The fraction of sp³-hybridized carbons (Fsp3) is 0.562. The van der Waals surface area contributed by atoms with Crippen LogP contribution in [-0.2, 0) is 25.6 Å². The Labute approximate surface area is 120 Å². The molecule has 1 aliphatic heterocycles. The van der Waals surface area contributed by atoms with E-state index in [1.54, 1.807) is 7.11 Å². The van der Waals surface area contributed by atoms with Gasteiger partial charge in [0, 0.05) is 13.0 Å². The lowest BCUT2D eigenvalue weighted by atomic mass is 9.88. The second-order valence-corrected chi connectivity index (χ2v) is 5.26. The maximum Gasteiger partial charge on any atom is 0.167 e. The average molecular weight is 278 g/mol. The molecule has 0 bridgehead atoms. The SMILES string of the molecule is CO[C@H]1OC(COCc2ccccc2)[C@H](C)C(=O)C1C. The van der Waals surface area contributed by atoms with E-state index in [-0.39, 0.29) is 23.7 Å². The first kappa shape index (κ1) is 15.2. The summed E-state index contributed by atoms with van der Waals surface area (Å²) < 4.78 is 16.7. The predicted octanol–water partition coefficient (Wildman–Crippen LogP) is 2.42. The highest BCUT2D eigenvalue weighted by molar-refractivity contribution is 5.84. The largest absolute Gasteiger partial charge is 0.374 e. The second-order valence-electron chi connectivity index (χ2n) is 5.26. The third-order valence-electron chi connectivity index (χ3n) is 3.80. The molecule has 4 atom stereocenters. The molecular formula is C16H22O4. The number of rotatable bonds is 5. The number of methoxy groups -OCH3 is 1. The van der Waals surface area contributed by atoms with Crippen LogP contribution in [0.3, 0.4) is 0 Å². The molecule has 0 radical (unpaired) electrons. The Morgan fingerprint density at radius 1 is 1.15 bits per heavy atom. The van der Waals surface area contributed by atoms with E-state index >= 15 is 0 Å². The molecule has 0 amide bonds. The van der Waals surface area contributed by atoms with Gasteiger partial charge in [-0.25, -0.2) is 0 Å². The van der Waals surface area contributed by atoms with Gasteiger partial charge >= 0.3 is 0 Å². The zero-order valence-electron chi connectivity index (χ0n) is 12.2. The molecule has 1 aliphatic rings. The van der Waals surface area contributed by atoms with Crippen molar-refractivity contribution in [1.82, 2.24) is 0 Å². The van der Waals surface area contributed by atoms with Crippen LogP contribution in [0, 0.1) is 11.8 Å². The van der Waals surface area contributed by atoms with Gasteiger partial charge in [0.25, 0.3) is 0 Å². The van der Waals surface area contributed by atoms with Crippen molar-refractivity contribution in [2.45, 2.75) is 32.8 Å². The molecule has 0 spiro atoms. The third kappa shape index (κ3) is 3.45. The highest BCUT2D eigenvalue weighted by atomic mass is 16.7. The molecule has 1 fully saturated rings. The highest BCUT2D eigenvalue weighted by Crippen LogP contribution is 2.27. The molecule has 20 heavy (non-hydrogen) atoms. The molecule has 4 nitrogen and oxygen atoms in total. The molecular weight excluding hydrogens is 256 g/mol. The topological polar surface area (TPSA) is 44.8 Å². The van der Waals surface area contributed by atoms with Crippen molar-refractivity contribution in [3.8, 4) is 0 Å². The molecule has 2 rings (SSSR count). The van der Waals surface area contributed by atoms with E-state index in [0.29, 0.717) is 13.2 Å². The van der Waals surface area contributed by atoms with Crippen LogP contribution in [0.15, 0.2) is 30.3 Å². The van der Waals surface area contributed by atoms with Crippen molar-refractivity contribution < 1.29 is 19.0 Å². The summed E-state index contributed by atoms with van der Waals surface area (Å²) in [7, 11) is 1.56. The van der Waals surface area contributed by atoms with Crippen molar-refractivity contribution in [3.05, 3.63) is 35.9 Å². The fourth-order valence-electron chi connectivity index (χ4n) is 2.45. The van der Waals surface area contributed by atoms with E-state index in [0.717, 1.165) is 5.56 Å². The lowest BCUT2D eigenvalue weighted by Crippen LogP contribution is -2.48. The number of carbonyl (C=O) groups excluding carboxylic acids is 1. The van der Waals surface area contributed by atoms with Crippen molar-refractivity contribution in [3.63, 3.8) is 0 Å². The molecule has 1 saturated heterocycles. The third-order valence-corrected chi connectivity index (χ3v) is 3.80. The van der Waals surface area contributed by atoms with Gasteiger partial charge in [-0.15, -0.1) is 0 Å². The van der Waals surface area contributed by atoms with E-state index in [1.807, 2.05) is 44.2 Å². The maximum absolute atomic E-state index is 12.1. The van der Waals surface area contributed by atoms with Gasteiger partial charge in [-0.3, -0.25) is 4.79 Å². The Morgan fingerprint density at radius 3 is 2.50 bits per heavy atom. The van der Waals surface area contributed by atoms with E-state index in [9.17, 15) is 4.79 Å². The summed E-state index contributed by atoms with van der Waals surface area (Å²) in [5, 5.41) is 0. The van der Waals surface area contributed by atoms with Crippen LogP contribution in [0.1, 0.15) is 19.4 Å². The molecule has 0 aliphatic carbocycles. The Bertz CT molecular complexity index is 431. The molecule has 0 saturated carbocycles. The lowest BCUT2D eigenvalue weighted by Gasteiger charge is -2.36. The van der Waals surface area contributed by atoms with Crippen LogP contribution < -0.4 is 0 Å². The molecule has 1 aromatic carbocycles. The molecule has 4 heteroatoms. The Kier molecular flexibility index (Phi) is 5.29. The van der Waals surface area contributed by atoms with Crippen molar-refractivity contribution in [2.24, 2.45) is 11.8 Å². The lowest BCUT2D eigenvalue weighted by molar-refractivity contribution is -0.224. The van der Waals surface area contributed by atoms with E-state index in [1.165, 1.54) is 0 Å². The quantitative estimate of drug-likeness (QED) is 0.829. The first-order valence-corrected chi connectivity index (χ1v) is 6.97. The second kappa shape index (κ2) is 6.97. The average Bonchev–Trinajstić information content (AvgIpc) is 2.48.